The third-order valence-electron chi connectivity index (χ3n) is 2.76. The predicted octanol–water partition coefficient (Wildman–Crippen LogP) is 2.26. The summed E-state index contributed by atoms with van der Waals surface area (Å²) in [6.07, 6.45) is 3.77. The molecule has 1 heterocycles. The van der Waals surface area contributed by atoms with E-state index in [1.54, 1.807) is 0 Å². The van der Waals surface area contributed by atoms with Gasteiger partial charge in [0.15, 0.2) is 0 Å². The van der Waals surface area contributed by atoms with E-state index in [4.69, 9.17) is 23.2 Å². The molecular weight excluding hydrogens is 217 g/mol. The van der Waals surface area contributed by atoms with Crippen LogP contribution in [0.3, 0.4) is 0 Å². The van der Waals surface area contributed by atoms with Crippen LogP contribution < -0.4 is 5.32 Å². The van der Waals surface area contributed by atoms with Gasteiger partial charge in [-0.3, -0.25) is 0 Å². The number of hydrogen-bond donors (Lipinski definition) is 1. The van der Waals surface area contributed by atoms with E-state index in [-0.39, 0.29) is 0 Å². The van der Waals surface area contributed by atoms with Crippen LogP contribution in [0.4, 0.5) is 0 Å². The first-order valence-electron chi connectivity index (χ1n) is 5.03. The smallest absolute Gasteiger partial charge is 0.0902 e. The normalized spacial score (nSPS) is 21.4. The number of hydrogen-bond acceptors (Lipinski definition) is 0. The second-order valence-corrected chi connectivity index (χ2v) is 4.69. The van der Waals surface area contributed by atoms with Crippen molar-refractivity contribution in [2.75, 3.05) is 6.54 Å². The molecule has 1 fully saturated rings. The summed E-state index contributed by atoms with van der Waals surface area (Å²) in [6, 6.07) is 6.68. The fraction of sp³-hybridized carbons (Fsp3) is 0.455. The van der Waals surface area contributed by atoms with Crippen molar-refractivity contribution >= 4 is 23.2 Å². The Balaban J connectivity index is 2.05. The summed E-state index contributed by atoms with van der Waals surface area (Å²) in [5, 5.41) is 3.73. The maximum atomic E-state index is 5.96. The third-order valence-corrected chi connectivity index (χ3v) is 3.50. The van der Waals surface area contributed by atoms with Gasteiger partial charge in [0.2, 0.25) is 0 Å². The van der Waals surface area contributed by atoms with Gasteiger partial charge >= 0.3 is 0 Å². The van der Waals surface area contributed by atoms with Gasteiger partial charge in [-0.1, -0.05) is 29.3 Å². The zero-order valence-electron chi connectivity index (χ0n) is 7.97. The first kappa shape index (κ1) is 10.3. The van der Waals surface area contributed by atoms with Crippen LogP contribution in [0.15, 0.2) is 18.2 Å². The van der Waals surface area contributed by atoms with Crippen molar-refractivity contribution in [1.82, 2.24) is 0 Å². The maximum absolute atomic E-state index is 5.96. The van der Waals surface area contributed by atoms with Crippen LogP contribution in [0.2, 0.25) is 10.0 Å². The molecule has 2 rings (SSSR count). The van der Waals surface area contributed by atoms with Crippen LogP contribution in [0.5, 0.6) is 0 Å². The molecule has 1 nitrogen and oxygen atoms in total. The van der Waals surface area contributed by atoms with E-state index in [0.717, 1.165) is 12.5 Å². The van der Waals surface area contributed by atoms with Gasteiger partial charge in [0.25, 0.3) is 0 Å². The molecule has 1 saturated heterocycles. The molecule has 0 aromatic heterocycles. The van der Waals surface area contributed by atoms with Crippen LogP contribution in [-0.4, -0.2) is 12.6 Å². The van der Waals surface area contributed by atoms with E-state index in [2.05, 4.69) is 11.4 Å². The highest BCUT2D eigenvalue weighted by Crippen LogP contribution is 2.23. The molecule has 0 unspecified atom stereocenters. The van der Waals surface area contributed by atoms with Crippen LogP contribution in [-0.2, 0) is 6.42 Å². The number of nitrogens with two attached hydrogens (primary N) is 1. The Labute approximate surface area is 94.4 Å². The molecule has 1 aromatic carbocycles. The van der Waals surface area contributed by atoms with Gasteiger partial charge in [-0.05, 0) is 17.7 Å². The fourth-order valence-electron chi connectivity index (χ4n) is 2.01. The lowest BCUT2D eigenvalue weighted by molar-refractivity contribution is -0.669. The van der Waals surface area contributed by atoms with Gasteiger partial charge in [0, 0.05) is 19.3 Å². The number of quaternary nitrogens is 1. The Morgan fingerprint density at radius 3 is 2.79 bits per heavy atom. The molecule has 1 aliphatic rings. The highest BCUT2D eigenvalue weighted by atomic mass is 35.5. The average Bonchev–Trinajstić information content (AvgIpc) is 2.64. The van der Waals surface area contributed by atoms with Gasteiger partial charge in [-0.25, -0.2) is 0 Å². The van der Waals surface area contributed by atoms with Crippen molar-refractivity contribution in [2.45, 2.75) is 25.3 Å². The minimum Gasteiger partial charge on any atom is -0.344 e. The summed E-state index contributed by atoms with van der Waals surface area (Å²) in [7, 11) is 0. The molecule has 1 aromatic rings. The van der Waals surface area contributed by atoms with Crippen molar-refractivity contribution < 1.29 is 5.32 Å². The summed E-state index contributed by atoms with van der Waals surface area (Å²) >= 11 is 11.8. The second-order valence-electron chi connectivity index (χ2n) is 3.88. The van der Waals surface area contributed by atoms with Gasteiger partial charge in [-0.2, -0.15) is 0 Å². The summed E-state index contributed by atoms with van der Waals surface area (Å²) in [5.74, 6) is 0. The van der Waals surface area contributed by atoms with Gasteiger partial charge in [-0.15, -0.1) is 0 Å². The first-order valence-corrected chi connectivity index (χ1v) is 5.78. The molecular formula is C11H14Cl2N+. The minimum absolute atomic E-state index is 0.644. The molecule has 2 N–H and O–H groups in total. The molecule has 14 heavy (non-hydrogen) atoms. The van der Waals surface area contributed by atoms with Crippen LogP contribution in [0.1, 0.15) is 18.4 Å². The zero-order valence-corrected chi connectivity index (χ0v) is 9.48. The number of benzene rings is 1. The average molecular weight is 231 g/mol. The van der Waals surface area contributed by atoms with Crippen LogP contribution >= 0.6 is 23.2 Å². The van der Waals surface area contributed by atoms with Crippen molar-refractivity contribution in [2.24, 2.45) is 0 Å². The fourth-order valence-corrected chi connectivity index (χ4v) is 2.33. The molecule has 0 aliphatic carbocycles. The molecule has 0 spiro atoms. The van der Waals surface area contributed by atoms with Gasteiger partial charge < -0.3 is 5.32 Å². The van der Waals surface area contributed by atoms with Crippen LogP contribution in [0.25, 0.3) is 0 Å². The summed E-state index contributed by atoms with van der Waals surface area (Å²) in [5.41, 5.74) is 1.29. The molecule has 1 atom stereocenters. The molecule has 0 saturated carbocycles. The quantitative estimate of drug-likeness (QED) is 0.804. The lowest BCUT2D eigenvalue weighted by Crippen LogP contribution is -2.87. The molecule has 0 amide bonds. The van der Waals surface area contributed by atoms with Gasteiger partial charge in [0.1, 0.15) is 0 Å². The zero-order chi connectivity index (χ0) is 9.97. The Morgan fingerprint density at radius 1 is 1.29 bits per heavy atom. The van der Waals surface area contributed by atoms with E-state index in [9.17, 15) is 0 Å². The number of halogens is 2. The summed E-state index contributed by atoms with van der Waals surface area (Å²) in [4.78, 5) is 0. The highest BCUT2D eigenvalue weighted by Gasteiger charge is 2.18. The van der Waals surface area contributed by atoms with E-state index < -0.39 is 0 Å². The lowest BCUT2D eigenvalue weighted by Gasteiger charge is -2.07. The Bertz CT molecular complexity index is 319. The first-order chi connectivity index (χ1) is 6.75. The van der Waals surface area contributed by atoms with Crippen molar-refractivity contribution in [3.8, 4) is 0 Å². The topological polar surface area (TPSA) is 16.6 Å². The molecule has 76 valence electrons. The monoisotopic (exact) mass is 230 g/mol. The Morgan fingerprint density at radius 2 is 2.14 bits per heavy atom. The largest absolute Gasteiger partial charge is 0.344 e. The molecule has 3 heteroatoms. The SMILES string of the molecule is Clc1ccc(C[C@H]2CCC[NH2+]2)cc1Cl. The van der Waals surface area contributed by atoms with E-state index in [1.807, 2.05) is 12.1 Å². The standard InChI is InChI=1S/C11H13Cl2N/c12-10-4-3-8(7-11(10)13)6-9-2-1-5-14-9/h3-4,7,9,14H,1-2,5-6H2/p+1/t9-/m1/s1. The summed E-state index contributed by atoms with van der Waals surface area (Å²) in [6.45, 7) is 1.27. The lowest BCUT2D eigenvalue weighted by atomic mass is 10.1. The predicted molar refractivity (Wildman–Crippen MR) is 60.0 cm³/mol. The minimum atomic E-state index is 0.644. The number of rotatable bonds is 2. The molecule has 0 bridgehead atoms. The second kappa shape index (κ2) is 4.52. The van der Waals surface area contributed by atoms with Crippen molar-refractivity contribution in [1.29, 1.82) is 0 Å². The maximum Gasteiger partial charge on any atom is 0.0902 e. The van der Waals surface area contributed by atoms with Crippen LogP contribution in [0, 0.1) is 0 Å². The van der Waals surface area contributed by atoms with E-state index >= 15 is 0 Å². The van der Waals surface area contributed by atoms with E-state index in [0.29, 0.717) is 10.0 Å². The molecule has 0 radical (unpaired) electrons. The Hall–Kier alpha value is -0.240. The molecule has 1 aliphatic heterocycles. The van der Waals surface area contributed by atoms with E-state index in [1.165, 1.54) is 24.9 Å². The third kappa shape index (κ3) is 2.41. The van der Waals surface area contributed by atoms with Crippen molar-refractivity contribution in [3.05, 3.63) is 33.8 Å². The summed E-state index contributed by atoms with van der Waals surface area (Å²) < 4.78 is 0. The highest BCUT2D eigenvalue weighted by molar-refractivity contribution is 6.42. The van der Waals surface area contributed by atoms with Crippen molar-refractivity contribution in [3.63, 3.8) is 0 Å². The Kier molecular flexibility index (Phi) is 3.32. The van der Waals surface area contributed by atoms with Gasteiger partial charge in [0.05, 0.1) is 22.6 Å².